The van der Waals surface area contributed by atoms with E-state index in [2.05, 4.69) is 10.3 Å². The Kier molecular flexibility index (Phi) is 2.72. The van der Waals surface area contributed by atoms with E-state index in [-0.39, 0.29) is 17.6 Å². The highest BCUT2D eigenvalue weighted by Crippen LogP contribution is 2.35. The van der Waals surface area contributed by atoms with E-state index in [1.54, 1.807) is 18.2 Å². The zero-order valence-corrected chi connectivity index (χ0v) is 11.4. The van der Waals surface area contributed by atoms with Gasteiger partial charge in [-0.25, -0.2) is 4.39 Å². The van der Waals surface area contributed by atoms with Gasteiger partial charge in [0.1, 0.15) is 11.6 Å². The number of nitrogens with one attached hydrogen (secondary N) is 2. The number of hydrogen-bond donors (Lipinski definition) is 3. The molecule has 1 aliphatic rings. The molecule has 1 aromatic heterocycles. The van der Waals surface area contributed by atoms with Crippen LogP contribution in [0, 0.1) is 5.82 Å². The molecule has 0 spiro atoms. The molecule has 1 aliphatic heterocycles. The fourth-order valence-electron chi connectivity index (χ4n) is 3.19. The Balaban J connectivity index is 1.92. The van der Waals surface area contributed by atoms with Gasteiger partial charge < -0.3 is 15.4 Å². The van der Waals surface area contributed by atoms with Crippen LogP contribution in [0.15, 0.2) is 42.5 Å². The lowest BCUT2D eigenvalue weighted by atomic mass is 9.94. The van der Waals surface area contributed by atoms with E-state index in [4.69, 9.17) is 0 Å². The minimum atomic E-state index is -0.204. The Morgan fingerprint density at radius 2 is 2.00 bits per heavy atom. The van der Waals surface area contributed by atoms with Crippen LogP contribution in [0.5, 0.6) is 5.75 Å². The van der Waals surface area contributed by atoms with Crippen LogP contribution in [0.1, 0.15) is 22.9 Å². The number of rotatable bonds is 1. The number of fused-ring (bicyclic) bond motifs is 3. The quantitative estimate of drug-likeness (QED) is 0.641. The number of phenols is 1. The maximum Gasteiger partial charge on any atom is 0.128 e. The number of aromatic hydroxyl groups is 1. The van der Waals surface area contributed by atoms with Crippen molar-refractivity contribution in [3.63, 3.8) is 0 Å². The molecular formula is C17H15FN2O. The molecule has 106 valence electrons. The molecule has 0 amide bonds. The van der Waals surface area contributed by atoms with Crippen molar-refractivity contribution < 1.29 is 9.50 Å². The Morgan fingerprint density at radius 1 is 1.14 bits per heavy atom. The summed E-state index contributed by atoms with van der Waals surface area (Å²) in [5, 5.41) is 14.1. The molecule has 1 unspecified atom stereocenters. The summed E-state index contributed by atoms with van der Waals surface area (Å²) in [6.45, 7) is 0.786. The van der Waals surface area contributed by atoms with Crippen LogP contribution in [-0.4, -0.2) is 16.6 Å². The zero-order chi connectivity index (χ0) is 14.4. The van der Waals surface area contributed by atoms with Crippen LogP contribution in [0.25, 0.3) is 10.9 Å². The molecule has 0 radical (unpaired) electrons. The molecule has 0 saturated heterocycles. The molecule has 2 heterocycles. The van der Waals surface area contributed by atoms with Crippen LogP contribution in [0.3, 0.4) is 0 Å². The van der Waals surface area contributed by atoms with Crippen LogP contribution in [-0.2, 0) is 6.42 Å². The fraction of sp³-hybridized carbons (Fsp3) is 0.176. The first-order valence-corrected chi connectivity index (χ1v) is 7.05. The van der Waals surface area contributed by atoms with Crippen molar-refractivity contribution in [1.29, 1.82) is 0 Å². The van der Waals surface area contributed by atoms with Gasteiger partial charge in [-0.1, -0.05) is 18.2 Å². The first kappa shape index (κ1) is 12.4. The lowest BCUT2D eigenvalue weighted by molar-refractivity contribution is 0.476. The summed E-state index contributed by atoms with van der Waals surface area (Å²) < 4.78 is 14.1. The normalized spacial score (nSPS) is 17.9. The second kappa shape index (κ2) is 4.60. The number of aromatic nitrogens is 1. The monoisotopic (exact) mass is 282 g/mol. The van der Waals surface area contributed by atoms with Gasteiger partial charge in [-0.15, -0.1) is 0 Å². The van der Waals surface area contributed by atoms with Crippen LogP contribution in [0.4, 0.5) is 4.39 Å². The summed E-state index contributed by atoms with van der Waals surface area (Å²) in [6.07, 6.45) is 0.865. The number of halogens is 1. The minimum Gasteiger partial charge on any atom is -0.508 e. The third kappa shape index (κ3) is 1.91. The van der Waals surface area contributed by atoms with E-state index in [9.17, 15) is 9.50 Å². The van der Waals surface area contributed by atoms with Crippen molar-refractivity contribution >= 4 is 10.9 Å². The van der Waals surface area contributed by atoms with Gasteiger partial charge in [0, 0.05) is 28.7 Å². The molecule has 21 heavy (non-hydrogen) atoms. The molecule has 3 nitrogen and oxygen atoms in total. The number of aromatic amines is 1. The van der Waals surface area contributed by atoms with Gasteiger partial charge in [0.25, 0.3) is 0 Å². The second-order valence-corrected chi connectivity index (χ2v) is 5.41. The number of benzene rings is 2. The Bertz CT molecular complexity index is 825. The van der Waals surface area contributed by atoms with E-state index < -0.39 is 0 Å². The molecule has 1 atom stereocenters. The highest BCUT2D eigenvalue weighted by atomic mass is 19.1. The summed E-state index contributed by atoms with van der Waals surface area (Å²) in [5.74, 6) is 0.0506. The van der Waals surface area contributed by atoms with E-state index >= 15 is 0 Å². The second-order valence-electron chi connectivity index (χ2n) is 5.41. The van der Waals surface area contributed by atoms with Crippen LogP contribution in [0.2, 0.25) is 0 Å². The van der Waals surface area contributed by atoms with Crippen molar-refractivity contribution in [3.8, 4) is 5.75 Å². The highest BCUT2D eigenvalue weighted by molar-refractivity contribution is 5.86. The number of phenolic OH excluding ortho intramolecular Hbond substituents is 1. The predicted octanol–water partition coefficient (Wildman–Crippen LogP) is 3.25. The Labute approximate surface area is 121 Å². The third-order valence-electron chi connectivity index (χ3n) is 4.15. The van der Waals surface area contributed by atoms with Crippen LogP contribution < -0.4 is 5.32 Å². The van der Waals surface area contributed by atoms with Gasteiger partial charge in [0.05, 0.1) is 6.04 Å². The van der Waals surface area contributed by atoms with Gasteiger partial charge in [0.15, 0.2) is 0 Å². The molecule has 2 aromatic carbocycles. The smallest absolute Gasteiger partial charge is 0.128 e. The highest BCUT2D eigenvalue weighted by Gasteiger charge is 2.26. The van der Waals surface area contributed by atoms with E-state index in [0.29, 0.717) is 5.56 Å². The molecular weight excluding hydrogens is 267 g/mol. The average molecular weight is 282 g/mol. The Hall–Kier alpha value is -2.33. The predicted molar refractivity (Wildman–Crippen MR) is 79.9 cm³/mol. The van der Waals surface area contributed by atoms with Crippen molar-refractivity contribution in [1.82, 2.24) is 10.3 Å². The van der Waals surface area contributed by atoms with Gasteiger partial charge in [-0.05, 0) is 36.2 Å². The van der Waals surface area contributed by atoms with E-state index in [1.807, 2.05) is 18.2 Å². The first-order valence-electron chi connectivity index (χ1n) is 7.05. The fourth-order valence-corrected chi connectivity index (χ4v) is 3.19. The van der Waals surface area contributed by atoms with Gasteiger partial charge in [-0.3, -0.25) is 0 Å². The summed E-state index contributed by atoms with van der Waals surface area (Å²) in [7, 11) is 0. The van der Waals surface area contributed by atoms with E-state index in [0.717, 1.165) is 35.1 Å². The minimum absolute atomic E-state index is 0.176. The van der Waals surface area contributed by atoms with E-state index in [1.165, 1.54) is 6.07 Å². The lowest BCUT2D eigenvalue weighted by Gasteiger charge is -2.25. The maximum absolute atomic E-state index is 14.1. The lowest BCUT2D eigenvalue weighted by Crippen LogP contribution is -2.31. The van der Waals surface area contributed by atoms with Crippen LogP contribution >= 0.6 is 0 Å². The molecule has 0 saturated carbocycles. The van der Waals surface area contributed by atoms with Gasteiger partial charge >= 0.3 is 0 Å². The molecule has 0 fully saturated rings. The summed E-state index contributed by atoms with van der Waals surface area (Å²) in [5.41, 5.74) is 3.77. The first-order chi connectivity index (χ1) is 10.2. The Morgan fingerprint density at radius 3 is 2.86 bits per heavy atom. The summed E-state index contributed by atoms with van der Waals surface area (Å²) in [6, 6.07) is 12.0. The van der Waals surface area contributed by atoms with Crippen molar-refractivity contribution in [2.24, 2.45) is 0 Å². The van der Waals surface area contributed by atoms with Crippen molar-refractivity contribution in [2.45, 2.75) is 12.5 Å². The zero-order valence-electron chi connectivity index (χ0n) is 11.4. The van der Waals surface area contributed by atoms with Crippen molar-refractivity contribution in [2.75, 3.05) is 6.54 Å². The molecule has 4 rings (SSSR count). The van der Waals surface area contributed by atoms with Gasteiger partial charge in [-0.2, -0.15) is 0 Å². The molecule has 3 aromatic rings. The summed E-state index contributed by atoms with van der Waals surface area (Å²) >= 11 is 0. The van der Waals surface area contributed by atoms with Crippen molar-refractivity contribution in [3.05, 3.63) is 65.1 Å². The summed E-state index contributed by atoms with van der Waals surface area (Å²) in [4.78, 5) is 3.38. The SMILES string of the molecule is Oc1ccc2[nH]c3c(c2c1)CCNC3c1ccccc1F. The molecule has 0 aliphatic carbocycles. The maximum atomic E-state index is 14.1. The third-order valence-corrected chi connectivity index (χ3v) is 4.15. The topological polar surface area (TPSA) is 48.0 Å². The van der Waals surface area contributed by atoms with Gasteiger partial charge in [0.2, 0.25) is 0 Å². The number of H-pyrrole nitrogens is 1. The number of hydrogen-bond acceptors (Lipinski definition) is 2. The molecule has 0 bridgehead atoms. The molecule has 3 N–H and O–H groups in total. The average Bonchev–Trinajstić information content (AvgIpc) is 2.86. The molecule has 4 heteroatoms. The largest absolute Gasteiger partial charge is 0.508 e. The standard InChI is InChI=1S/C17H15FN2O/c18-14-4-2-1-3-12(14)16-17-11(7-8-19-16)13-9-10(21)5-6-15(13)20-17/h1-6,9,16,19-21H,7-8H2.